The molecule has 35 heavy (non-hydrogen) atoms. The Kier molecular flexibility index (Phi) is 27.0. The lowest BCUT2D eigenvalue weighted by molar-refractivity contribution is -0.140. The van der Waals surface area contributed by atoms with E-state index in [1.54, 1.807) is 0 Å². The van der Waals surface area contributed by atoms with Gasteiger partial charge in [0.05, 0.1) is 26.4 Å². The number of rotatable bonds is 27. The lowest BCUT2D eigenvalue weighted by Crippen LogP contribution is -2.37. The second kappa shape index (κ2) is 27.7. The molecule has 0 aromatic rings. The molecule has 0 heterocycles. The molecule has 0 N–H and O–H groups in total. The Labute approximate surface area is 218 Å². The van der Waals surface area contributed by atoms with Gasteiger partial charge in [-0.25, -0.2) is 0 Å². The van der Waals surface area contributed by atoms with Crippen LogP contribution in [0.1, 0.15) is 122 Å². The molecule has 0 bridgehead atoms. The summed E-state index contributed by atoms with van der Waals surface area (Å²) in [5.41, 5.74) is 0. The van der Waals surface area contributed by atoms with Crippen LogP contribution in [0.4, 0.5) is 0 Å². The number of unbranched alkanes of at least 4 members (excludes halogenated alkanes) is 14. The summed E-state index contributed by atoms with van der Waals surface area (Å²) in [5, 5.41) is 0. The summed E-state index contributed by atoms with van der Waals surface area (Å²) >= 11 is 0. The van der Waals surface area contributed by atoms with Crippen LogP contribution >= 0.6 is 0 Å². The lowest BCUT2D eigenvalue weighted by Gasteiger charge is -2.24. The van der Waals surface area contributed by atoms with Crippen LogP contribution in [0, 0.1) is 0 Å². The summed E-state index contributed by atoms with van der Waals surface area (Å²) in [6.45, 7) is 5.28. The third-order valence-electron chi connectivity index (χ3n) is 6.55. The van der Waals surface area contributed by atoms with E-state index in [1.165, 1.54) is 90.6 Å². The molecular weight excluding hydrogens is 438 g/mol. The van der Waals surface area contributed by atoms with E-state index in [2.05, 4.69) is 42.8 Å². The summed E-state index contributed by atoms with van der Waals surface area (Å²) in [6.07, 6.45) is 26.8. The molecule has 0 fully saturated rings. The fourth-order valence-corrected chi connectivity index (χ4v) is 3.99. The van der Waals surface area contributed by atoms with Crippen LogP contribution in [0.25, 0.3) is 0 Å². The Bertz CT molecular complexity index is 467. The molecular formula is C30H59NO4. The van der Waals surface area contributed by atoms with E-state index in [9.17, 15) is 4.79 Å². The number of hydrogen-bond acceptors (Lipinski definition) is 5. The average Bonchev–Trinajstić information content (AvgIpc) is 2.85. The Morgan fingerprint density at radius 3 is 1.63 bits per heavy atom. The summed E-state index contributed by atoms with van der Waals surface area (Å²) in [4.78, 5) is 13.3. The number of esters is 1. The minimum Gasteiger partial charge on any atom is -0.469 e. The molecule has 0 saturated heterocycles. The Hall–Kier alpha value is -0.910. The van der Waals surface area contributed by atoms with E-state index >= 15 is 0 Å². The Morgan fingerprint density at radius 2 is 1.14 bits per heavy atom. The summed E-state index contributed by atoms with van der Waals surface area (Å²) in [7, 11) is 5.60. The van der Waals surface area contributed by atoms with Crippen molar-refractivity contribution in [2.75, 3.05) is 47.6 Å². The van der Waals surface area contributed by atoms with Crippen molar-refractivity contribution in [3.05, 3.63) is 12.2 Å². The zero-order chi connectivity index (χ0) is 25.8. The summed E-state index contributed by atoms with van der Waals surface area (Å²) in [6, 6.07) is 0.291. The van der Waals surface area contributed by atoms with Crippen molar-refractivity contribution in [3.8, 4) is 0 Å². The van der Waals surface area contributed by atoms with Gasteiger partial charge in [0.25, 0.3) is 0 Å². The third-order valence-corrected chi connectivity index (χ3v) is 6.55. The Balaban J connectivity index is 3.44. The highest BCUT2D eigenvalue weighted by Crippen LogP contribution is 2.10. The van der Waals surface area contributed by atoms with E-state index in [0.717, 1.165) is 45.5 Å². The summed E-state index contributed by atoms with van der Waals surface area (Å²) < 4.78 is 16.4. The number of methoxy groups -OCH3 is 1. The molecule has 5 nitrogen and oxygen atoms in total. The highest BCUT2D eigenvalue weighted by Gasteiger charge is 2.11. The maximum Gasteiger partial charge on any atom is 0.305 e. The van der Waals surface area contributed by atoms with E-state index < -0.39 is 0 Å². The van der Waals surface area contributed by atoms with Crippen LogP contribution in [0.15, 0.2) is 12.2 Å². The minimum atomic E-state index is -0.127. The second-order valence-corrected chi connectivity index (χ2v) is 10.1. The van der Waals surface area contributed by atoms with Crippen molar-refractivity contribution in [1.82, 2.24) is 4.90 Å². The molecule has 0 aromatic heterocycles. The molecule has 0 aliphatic rings. The maximum atomic E-state index is 11.1. The van der Waals surface area contributed by atoms with Gasteiger partial charge >= 0.3 is 5.97 Å². The first-order valence-corrected chi connectivity index (χ1v) is 14.7. The molecule has 0 spiro atoms. The van der Waals surface area contributed by atoms with E-state index in [4.69, 9.17) is 9.47 Å². The maximum absolute atomic E-state index is 11.1. The second-order valence-electron chi connectivity index (χ2n) is 10.1. The molecule has 1 unspecified atom stereocenters. The minimum absolute atomic E-state index is 0.127. The highest BCUT2D eigenvalue weighted by atomic mass is 16.5. The smallest absolute Gasteiger partial charge is 0.305 e. The van der Waals surface area contributed by atoms with Gasteiger partial charge in [-0.15, -0.1) is 0 Å². The molecule has 5 heteroatoms. The number of carbonyl (C=O) groups is 1. The van der Waals surface area contributed by atoms with Crippen molar-refractivity contribution < 1.29 is 19.0 Å². The van der Waals surface area contributed by atoms with Gasteiger partial charge in [0, 0.05) is 19.6 Å². The molecule has 0 aliphatic heterocycles. The van der Waals surface area contributed by atoms with Gasteiger partial charge in [-0.2, -0.15) is 0 Å². The van der Waals surface area contributed by atoms with E-state index in [0.29, 0.717) is 19.1 Å². The molecule has 0 aromatic carbocycles. The predicted octanol–water partition coefficient (Wildman–Crippen LogP) is 7.72. The van der Waals surface area contributed by atoms with Crippen LogP contribution < -0.4 is 0 Å². The van der Waals surface area contributed by atoms with Crippen molar-refractivity contribution in [1.29, 1.82) is 0 Å². The number of nitrogens with zero attached hydrogens (tertiary/aromatic N) is 1. The standard InChI is InChI=1S/C30H59NO4/c1-5-6-7-8-9-10-11-12-13-14-15-16-17-18-19-22-25-34-27-29(31(2)3)28-35-26-23-20-21-24-30(32)33-4/h12-13,29H,5-11,14-28H2,1-4H3/b13-12+. The Morgan fingerprint density at radius 1 is 0.686 bits per heavy atom. The lowest BCUT2D eigenvalue weighted by atomic mass is 10.1. The number of ether oxygens (including phenoxy) is 3. The number of allylic oxidation sites excluding steroid dienone is 2. The van der Waals surface area contributed by atoms with Crippen LogP contribution in [-0.4, -0.2) is 64.5 Å². The van der Waals surface area contributed by atoms with Gasteiger partial charge in [-0.05, 0) is 59.0 Å². The van der Waals surface area contributed by atoms with Crippen molar-refractivity contribution >= 4 is 5.97 Å². The number of likely N-dealkylation sites (N-methyl/N-ethyl adjacent to an activating group) is 1. The van der Waals surface area contributed by atoms with Crippen molar-refractivity contribution in [2.24, 2.45) is 0 Å². The molecule has 208 valence electrons. The number of carbonyl (C=O) groups excluding carboxylic acids is 1. The molecule has 0 amide bonds. The fourth-order valence-electron chi connectivity index (χ4n) is 3.99. The van der Waals surface area contributed by atoms with Crippen LogP contribution in [-0.2, 0) is 19.0 Å². The van der Waals surface area contributed by atoms with Crippen molar-refractivity contribution in [3.63, 3.8) is 0 Å². The molecule has 0 saturated carbocycles. The van der Waals surface area contributed by atoms with E-state index in [-0.39, 0.29) is 5.97 Å². The van der Waals surface area contributed by atoms with Gasteiger partial charge in [0.1, 0.15) is 0 Å². The predicted molar refractivity (Wildman–Crippen MR) is 149 cm³/mol. The first-order chi connectivity index (χ1) is 17.1. The largest absolute Gasteiger partial charge is 0.469 e. The van der Waals surface area contributed by atoms with Crippen LogP contribution in [0.2, 0.25) is 0 Å². The normalized spacial score (nSPS) is 12.6. The summed E-state index contributed by atoms with van der Waals surface area (Å²) in [5.74, 6) is -0.127. The number of hydrogen-bond donors (Lipinski definition) is 0. The zero-order valence-electron chi connectivity index (χ0n) is 23.9. The molecule has 0 radical (unpaired) electrons. The molecule has 0 rings (SSSR count). The topological polar surface area (TPSA) is 48.0 Å². The van der Waals surface area contributed by atoms with Gasteiger partial charge in [-0.1, -0.05) is 83.3 Å². The zero-order valence-corrected chi connectivity index (χ0v) is 23.9. The fraction of sp³-hybridized carbons (Fsp3) is 0.900. The van der Waals surface area contributed by atoms with E-state index in [1.807, 2.05) is 0 Å². The average molecular weight is 498 g/mol. The van der Waals surface area contributed by atoms with Crippen LogP contribution in [0.3, 0.4) is 0 Å². The SMILES string of the molecule is CCCCCCCC/C=C/CCCCCCCCOCC(COCCCCCC(=O)OC)N(C)C. The monoisotopic (exact) mass is 497 g/mol. The van der Waals surface area contributed by atoms with Gasteiger partial charge in [0.15, 0.2) is 0 Å². The molecule has 0 aliphatic carbocycles. The third kappa shape index (κ3) is 26.0. The highest BCUT2D eigenvalue weighted by molar-refractivity contribution is 5.68. The van der Waals surface area contributed by atoms with Gasteiger partial charge in [-0.3, -0.25) is 4.79 Å². The van der Waals surface area contributed by atoms with Gasteiger partial charge < -0.3 is 19.1 Å². The van der Waals surface area contributed by atoms with Gasteiger partial charge in [0.2, 0.25) is 0 Å². The van der Waals surface area contributed by atoms with Crippen LogP contribution in [0.5, 0.6) is 0 Å². The molecule has 1 atom stereocenters. The quantitative estimate of drug-likeness (QED) is 0.0660. The first-order valence-electron chi connectivity index (χ1n) is 14.7. The van der Waals surface area contributed by atoms with Crippen molar-refractivity contribution in [2.45, 2.75) is 129 Å². The first kappa shape index (κ1) is 34.1.